The number of carbonyl (C=O) groups excluding carboxylic acids is 2. The highest BCUT2D eigenvalue weighted by Crippen LogP contribution is 2.32. The summed E-state index contributed by atoms with van der Waals surface area (Å²) in [5, 5.41) is 2.30. The molecule has 0 aliphatic carbocycles. The molecular formula is C14H18FN3O2. The van der Waals surface area contributed by atoms with Crippen LogP contribution in [0.3, 0.4) is 0 Å². The Bertz CT molecular complexity index is 570. The number of hydrogen-bond acceptors (Lipinski definition) is 4. The van der Waals surface area contributed by atoms with Gasteiger partial charge in [0, 0.05) is 11.7 Å². The lowest BCUT2D eigenvalue weighted by Crippen LogP contribution is -2.64. The fourth-order valence-corrected chi connectivity index (χ4v) is 2.31. The third kappa shape index (κ3) is 2.38. The van der Waals surface area contributed by atoms with Gasteiger partial charge in [0.25, 0.3) is 5.91 Å². The average molecular weight is 279 g/mol. The number of nitrogens with one attached hydrogen (secondary N) is 1. The molecule has 0 aromatic heterocycles. The van der Waals surface area contributed by atoms with Crippen LogP contribution < -0.4 is 16.0 Å². The Labute approximate surface area is 116 Å². The zero-order valence-electron chi connectivity index (χ0n) is 11.7. The molecule has 20 heavy (non-hydrogen) atoms. The summed E-state index contributed by atoms with van der Waals surface area (Å²) in [6, 6.07) is 3.79. The maximum absolute atomic E-state index is 13.4. The molecule has 0 bridgehead atoms. The largest absolute Gasteiger partial charge is 0.348 e. The van der Waals surface area contributed by atoms with E-state index in [1.165, 1.54) is 12.1 Å². The number of hydrogen-bond donors (Lipinski definition) is 2. The Balaban J connectivity index is 2.54. The van der Waals surface area contributed by atoms with Crippen molar-refractivity contribution in [3.63, 3.8) is 0 Å². The molecular weight excluding hydrogens is 261 g/mol. The Hall–Kier alpha value is -1.95. The molecule has 0 radical (unpaired) electrons. The first-order valence-corrected chi connectivity index (χ1v) is 6.40. The van der Waals surface area contributed by atoms with Crippen LogP contribution in [0.4, 0.5) is 10.1 Å². The number of imide groups is 1. The molecule has 0 spiro atoms. The third-order valence-electron chi connectivity index (χ3n) is 3.56. The van der Waals surface area contributed by atoms with Crippen molar-refractivity contribution in [3.05, 3.63) is 29.6 Å². The van der Waals surface area contributed by atoms with Crippen LogP contribution in [0.5, 0.6) is 0 Å². The number of amides is 2. The van der Waals surface area contributed by atoms with Crippen molar-refractivity contribution in [2.45, 2.75) is 32.4 Å². The van der Waals surface area contributed by atoms with Gasteiger partial charge in [-0.05, 0) is 44.5 Å². The first-order valence-electron chi connectivity index (χ1n) is 6.40. The van der Waals surface area contributed by atoms with Crippen LogP contribution in [0.15, 0.2) is 18.2 Å². The molecule has 1 aromatic rings. The Morgan fingerprint density at radius 1 is 1.40 bits per heavy atom. The minimum atomic E-state index is -0.907. The van der Waals surface area contributed by atoms with Gasteiger partial charge in [0.05, 0.1) is 6.54 Å². The Morgan fingerprint density at radius 2 is 2.05 bits per heavy atom. The van der Waals surface area contributed by atoms with E-state index in [1.54, 1.807) is 31.7 Å². The quantitative estimate of drug-likeness (QED) is 0.795. The highest BCUT2D eigenvalue weighted by molar-refractivity contribution is 6.06. The SMILES string of the molecule is C[C@@H](N)c1cc(F)ccc1N1CC(=O)NC(=O)C1(C)C. The van der Waals surface area contributed by atoms with Gasteiger partial charge < -0.3 is 10.6 Å². The highest BCUT2D eigenvalue weighted by Gasteiger charge is 2.41. The molecule has 0 unspecified atom stereocenters. The monoisotopic (exact) mass is 279 g/mol. The summed E-state index contributed by atoms with van der Waals surface area (Å²) in [4.78, 5) is 25.3. The molecule has 1 saturated heterocycles. The number of halogens is 1. The summed E-state index contributed by atoms with van der Waals surface area (Å²) in [6.45, 7) is 5.19. The van der Waals surface area contributed by atoms with E-state index in [2.05, 4.69) is 5.32 Å². The molecule has 2 amide bonds. The number of benzene rings is 1. The Kier molecular flexibility index (Phi) is 3.52. The highest BCUT2D eigenvalue weighted by atomic mass is 19.1. The van der Waals surface area contributed by atoms with E-state index in [4.69, 9.17) is 5.73 Å². The van der Waals surface area contributed by atoms with E-state index < -0.39 is 17.4 Å². The van der Waals surface area contributed by atoms with E-state index in [-0.39, 0.29) is 18.4 Å². The lowest BCUT2D eigenvalue weighted by molar-refractivity contribution is -0.135. The molecule has 6 heteroatoms. The van der Waals surface area contributed by atoms with Gasteiger partial charge in [-0.2, -0.15) is 0 Å². The van der Waals surface area contributed by atoms with Crippen molar-refractivity contribution >= 4 is 17.5 Å². The van der Waals surface area contributed by atoms with Gasteiger partial charge in [-0.15, -0.1) is 0 Å². The van der Waals surface area contributed by atoms with Gasteiger partial charge in [-0.25, -0.2) is 4.39 Å². The van der Waals surface area contributed by atoms with Crippen LogP contribution in [0.2, 0.25) is 0 Å². The summed E-state index contributed by atoms with van der Waals surface area (Å²) in [5.74, 6) is -1.16. The molecule has 2 rings (SSSR count). The topological polar surface area (TPSA) is 75.4 Å². The zero-order valence-corrected chi connectivity index (χ0v) is 11.7. The third-order valence-corrected chi connectivity index (χ3v) is 3.56. The van der Waals surface area contributed by atoms with Crippen molar-refractivity contribution in [1.82, 2.24) is 5.32 Å². The van der Waals surface area contributed by atoms with Gasteiger partial charge in [-0.3, -0.25) is 14.9 Å². The van der Waals surface area contributed by atoms with Crippen molar-refractivity contribution in [3.8, 4) is 0 Å². The lowest BCUT2D eigenvalue weighted by atomic mass is 9.95. The minimum Gasteiger partial charge on any atom is -0.348 e. The molecule has 1 atom stereocenters. The molecule has 3 N–H and O–H groups in total. The van der Waals surface area contributed by atoms with Gasteiger partial charge in [0.1, 0.15) is 11.4 Å². The van der Waals surface area contributed by atoms with Crippen LogP contribution in [0.25, 0.3) is 0 Å². The predicted octanol–water partition coefficient (Wildman–Crippen LogP) is 1.09. The molecule has 1 heterocycles. The summed E-state index contributed by atoms with van der Waals surface area (Å²) in [6.07, 6.45) is 0. The average Bonchev–Trinajstić information content (AvgIpc) is 2.34. The number of rotatable bonds is 2. The van der Waals surface area contributed by atoms with Crippen molar-refractivity contribution in [2.75, 3.05) is 11.4 Å². The number of nitrogens with zero attached hydrogens (tertiary/aromatic N) is 1. The molecule has 1 aliphatic heterocycles. The fraction of sp³-hybridized carbons (Fsp3) is 0.429. The minimum absolute atomic E-state index is 0.0318. The summed E-state index contributed by atoms with van der Waals surface area (Å²) in [7, 11) is 0. The van der Waals surface area contributed by atoms with Crippen LogP contribution in [-0.2, 0) is 9.59 Å². The second-order valence-corrected chi connectivity index (χ2v) is 5.51. The second-order valence-electron chi connectivity index (χ2n) is 5.51. The van der Waals surface area contributed by atoms with Crippen molar-refractivity contribution < 1.29 is 14.0 Å². The van der Waals surface area contributed by atoms with Crippen LogP contribution in [-0.4, -0.2) is 23.9 Å². The molecule has 108 valence electrons. The maximum Gasteiger partial charge on any atom is 0.251 e. The van der Waals surface area contributed by atoms with Crippen molar-refractivity contribution in [1.29, 1.82) is 0 Å². The predicted molar refractivity (Wildman–Crippen MR) is 73.6 cm³/mol. The number of piperazine rings is 1. The van der Waals surface area contributed by atoms with Gasteiger partial charge in [-0.1, -0.05) is 0 Å². The summed E-state index contributed by atoms with van der Waals surface area (Å²) < 4.78 is 13.4. The molecule has 1 aromatic carbocycles. The molecule has 0 saturated carbocycles. The molecule has 1 fully saturated rings. The Morgan fingerprint density at radius 3 is 2.65 bits per heavy atom. The van der Waals surface area contributed by atoms with Gasteiger partial charge in [0.2, 0.25) is 5.91 Å². The lowest BCUT2D eigenvalue weighted by Gasteiger charge is -2.43. The number of anilines is 1. The fourth-order valence-electron chi connectivity index (χ4n) is 2.31. The van der Waals surface area contributed by atoms with Gasteiger partial charge in [0.15, 0.2) is 0 Å². The molecule has 5 nitrogen and oxygen atoms in total. The smallest absolute Gasteiger partial charge is 0.251 e. The van der Waals surface area contributed by atoms with Crippen LogP contribution >= 0.6 is 0 Å². The normalized spacial score (nSPS) is 19.8. The van der Waals surface area contributed by atoms with Crippen LogP contribution in [0, 0.1) is 5.82 Å². The van der Waals surface area contributed by atoms with Crippen LogP contribution in [0.1, 0.15) is 32.4 Å². The summed E-state index contributed by atoms with van der Waals surface area (Å²) >= 11 is 0. The van der Waals surface area contributed by atoms with E-state index in [9.17, 15) is 14.0 Å². The van der Waals surface area contributed by atoms with E-state index in [1.807, 2.05) is 0 Å². The molecule has 1 aliphatic rings. The van der Waals surface area contributed by atoms with Crippen molar-refractivity contribution in [2.24, 2.45) is 5.73 Å². The van der Waals surface area contributed by atoms with E-state index >= 15 is 0 Å². The maximum atomic E-state index is 13.4. The van der Waals surface area contributed by atoms with E-state index in [0.29, 0.717) is 11.3 Å². The van der Waals surface area contributed by atoms with Gasteiger partial charge >= 0.3 is 0 Å². The standard InChI is InChI=1S/C14H18FN3O2/c1-8(16)10-6-9(15)4-5-11(10)18-7-12(19)17-13(20)14(18,2)3/h4-6,8H,7,16H2,1-3H3,(H,17,19,20)/t8-/m1/s1. The summed E-state index contributed by atoms with van der Waals surface area (Å²) in [5.41, 5.74) is 6.14. The second kappa shape index (κ2) is 4.86. The van der Waals surface area contributed by atoms with E-state index in [0.717, 1.165) is 0 Å². The number of nitrogens with two attached hydrogens (primary N) is 1. The number of carbonyl (C=O) groups is 2. The first kappa shape index (κ1) is 14.5. The zero-order chi connectivity index (χ0) is 15.1. The first-order chi connectivity index (χ1) is 9.23.